The van der Waals surface area contributed by atoms with Gasteiger partial charge >= 0.3 is 0 Å². The minimum Gasteiger partial charge on any atom is -0.352 e. The Morgan fingerprint density at radius 3 is 2.15 bits per heavy atom. The van der Waals surface area contributed by atoms with E-state index in [-0.39, 0.29) is 42.6 Å². The minimum absolute atomic E-state index is 0.112. The predicted molar refractivity (Wildman–Crippen MR) is 157 cm³/mol. The maximum Gasteiger partial charge on any atom is 0.261 e. The Hall–Kier alpha value is -4.26. The summed E-state index contributed by atoms with van der Waals surface area (Å²) in [4.78, 5) is 56.3. The first-order chi connectivity index (χ1) is 19.9. The highest BCUT2D eigenvalue weighted by Gasteiger charge is 2.36. The van der Waals surface area contributed by atoms with Crippen LogP contribution in [0, 0.1) is 6.92 Å². The smallest absolute Gasteiger partial charge is 0.261 e. The Labute approximate surface area is 241 Å². The van der Waals surface area contributed by atoms with Crippen LogP contribution in [0.2, 0.25) is 0 Å². The first-order valence-electron chi connectivity index (χ1n) is 14.6. The van der Waals surface area contributed by atoms with Gasteiger partial charge in [-0.05, 0) is 55.0 Å². The Morgan fingerprint density at radius 1 is 0.878 bits per heavy atom. The normalized spacial score (nSPS) is 15.6. The second-order valence-corrected chi connectivity index (χ2v) is 11.1. The molecule has 212 valence electrons. The van der Waals surface area contributed by atoms with E-state index in [1.54, 1.807) is 29.2 Å². The molecule has 0 spiro atoms. The largest absolute Gasteiger partial charge is 0.352 e. The number of nitrogens with one attached hydrogen (secondary N) is 1. The maximum absolute atomic E-state index is 13.9. The van der Waals surface area contributed by atoms with E-state index in [9.17, 15) is 19.2 Å². The zero-order valence-corrected chi connectivity index (χ0v) is 23.6. The Balaban J connectivity index is 1.36. The van der Waals surface area contributed by atoms with Gasteiger partial charge in [0.05, 0.1) is 11.1 Å². The van der Waals surface area contributed by atoms with Crippen molar-refractivity contribution < 1.29 is 19.2 Å². The lowest BCUT2D eigenvalue weighted by molar-refractivity contribution is -0.141. The number of hydrogen-bond donors (Lipinski definition) is 1. The van der Waals surface area contributed by atoms with Crippen LogP contribution in [-0.4, -0.2) is 52.1 Å². The lowest BCUT2D eigenvalue weighted by Crippen LogP contribution is -2.52. The van der Waals surface area contributed by atoms with E-state index in [1.165, 1.54) is 4.90 Å². The van der Waals surface area contributed by atoms with Crippen LogP contribution in [-0.2, 0) is 22.6 Å². The van der Waals surface area contributed by atoms with E-state index < -0.39 is 6.04 Å². The molecule has 1 saturated carbocycles. The Bertz CT molecular complexity index is 1380. The van der Waals surface area contributed by atoms with Gasteiger partial charge in [-0.3, -0.25) is 24.1 Å². The van der Waals surface area contributed by atoms with Gasteiger partial charge in [-0.2, -0.15) is 0 Å². The highest BCUT2D eigenvalue weighted by molar-refractivity contribution is 6.21. The van der Waals surface area contributed by atoms with E-state index in [1.807, 2.05) is 61.5 Å². The van der Waals surface area contributed by atoms with E-state index in [2.05, 4.69) is 5.32 Å². The molecule has 1 atom stereocenters. The molecule has 1 aliphatic heterocycles. The molecule has 7 nitrogen and oxygen atoms in total. The molecule has 41 heavy (non-hydrogen) atoms. The lowest BCUT2D eigenvalue weighted by atomic mass is 10.0. The molecule has 5 rings (SSSR count). The summed E-state index contributed by atoms with van der Waals surface area (Å²) in [5, 5.41) is 3.23. The van der Waals surface area contributed by atoms with Crippen molar-refractivity contribution in [3.05, 3.63) is 107 Å². The molecule has 1 N–H and O–H groups in total. The third kappa shape index (κ3) is 6.56. The number of carbonyl (C=O) groups is 4. The quantitative estimate of drug-likeness (QED) is 0.337. The van der Waals surface area contributed by atoms with Crippen LogP contribution in [0.3, 0.4) is 0 Å². The monoisotopic (exact) mass is 551 g/mol. The highest BCUT2D eigenvalue weighted by Crippen LogP contribution is 2.24. The van der Waals surface area contributed by atoms with Crippen molar-refractivity contribution in [1.29, 1.82) is 0 Å². The van der Waals surface area contributed by atoms with E-state index in [0.717, 1.165) is 42.4 Å². The summed E-state index contributed by atoms with van der Waals surface area (Å²) in [6.07, 6.45) is 4.93. The van der Waals surface area contributed by atoms with E-state index >= 15 is 0 Å². The zero-order chi connectivity index (χ0) is 28.8. The maximum atomic E-state index is 13.9. The van der Waals surface area contributed by atoms with Gasteiger partial charge in [0.1, 0.15) is 6.04 Å². The SMILES string of the molecule is Cc1ccccc1CN(C(=O)CCCN1C(=O)c2ccccc2C1=O)[C@@H](Cc1ccccc1)C(=O)NC1CCCC1. The summed E-state index contributed by atoms with van der Waals surface area (Å²) in [6.45, 7) is 2.45. The van der Waals surface area contributed by atoms with Gasteiger partial charge in [0.15, 0.2) is 0 Å². The molecule has 3 aromatic rings. The second-order valence-electron chi connectivity index (χ2n) is 11.1. The number of carbonyl (C=O) groups excluding carboxylic acids is 4. The first-order valence-corrected chi connectivity index (χ1v) is 14.6. The topological polar surface area (TPSA) is 86.8 Å². The van der Waals surface area contributed by atoms with E-state index in [4.69, 9.17) is 0 Å². The first kappa shape index (κ1) is 28.3. The van der Waals surface area contributed by atoms with Crippen LogP contribution in [0.1, 0.15) is 75.9 Å². The number of hydrogen-bond acceptors (Lipinski definition) is 4. The number of fused-ring (bicyclic) bond motifs is 1. The summed E-state index contributed by atoms with van der Waals surface area (Å²) < 4.78 is 0. The number of benzene rings is 3. The van der Waals surface area contributed by atoms with Crippen molar-refractivity contribution >= 4 is 23.6 Å². The molecule has 4 amide bonds. The van der Waals surface area contributed by atoms with Crippen molar-refractivity contribution in [3.8, 4) is 0 Å². The Kier molecular flexibility index (Phi) is 8.92. The van der Waals surface area contributed by atoms with Crippen molar-refractivity contribution in [2.24, 2.45) is 0 Å². The third-order valence-corrected chi connectivity index (χ3v) is 8.23. The molecular formula is C34H37N3O4. The van der Waals surface area contributed by atoms with Crippen molar-refractivity contribution in [2.45, 2.75) is 70.5 Å². The van der Waals surface area contributed by atoms with E-state index in [0.29, 0.717) is 30.5 Å². The number of rotatable bonds is 11. The van der Waals surface area contributed by atoms with Gasteiger partial charge in [-0.25, -0.2) is 0 Å². The summed E-state index contributed by atoms with van der Waals surface area (Å²) in [7, 11) is 0. The molecule has 1 fully saturated rings. The average Bonchev–Trinajstić information content (AvgIpc) is 3.58. The molecule has 0 aromatic heterocycles. The minimum atomic E-state index is -0.690. The number of amides is 4. The van der Waals surface area contributed by atoms with Crippen LogP contribution in [0.25, 0.3) is 0 Å². The molecule has 0 radical (unpaired) electrons. The van der Waals surface area contributed by atoms with Crippen LogP contribution in [0.15, 0.2) is 78.9 Å². The molecule has 1 aliphatic carbocycles. The van der Waals surface area contributed by atoms with Crippen LogP contribution < -0.4 is 5.32 Å². The second kappa shape index (κ2) is 12.9. The fourth-order valence-electron chi connectivity index (χ4n) is 5.87. The molecule has 0 saturated heterocycles. The van der Waals surface area contributed by atoms with Gasteiger partial charge in [0.2, 0.25) is 11.8 Å². The van der Waals surface area contributed by atoms with Crippen LogP contribution >= 0.6 is 0 Å². The molecule has 7 heteroatoms. The van der Waals surface area contributed by atoms with Gasteiger partial charge in [0, 0.05) is 32.0 Å². The van der Waals surface area contributed by atoms with Gasteiger partial charge in [-0.15, -0.1) is 0 Å². The molecular weight excluding hydrogens is 514 g/mol. The van der Waals surface area contributed by atoms with Crippen LogP contribution in [0.5, 0.6) is 0 Å². The standard InChI is InChI=1S/C34H37N3O4/c1-24-12-5-6-15-26(24)23-37(30(22-25-13-3-2-4-14-25)32(39)35-27-16-7-8-17-27)31(38)20-11-21-36-33(40)28-18-9-10-19-29(28)34(36)41/h2-6,9-10,12-15,18-19,27,30H,7-8,11,16-17,20-23H2,1H3,(H,35,39)/t30-/m0/s1. The summed E-state index contributed by atoms with van der Waals surface area (Å²) in [5.41, 5.74) is 3.81. The Morgan fingerprint density at radius 2 is 1.49 bits per heavy atom. The summed E-state index contributed by atoms with van der Waals surface area (Å²) in [5.74, 6) is -0.962. The summed E-state index contributed by atoms with van der Waals surface area (Å²) in [6, 6.07) is 23.9. The fourth-order valence-corrected chi connectivity index (χ4v) is 5.87. The molecule has 3 aromatic carbocycles. The third-order valence-electron chi connectivity index (χ3n) is 8.23. The van der Waals surface area contributed by atoms with Gasteiger partial charge < -0.3 is 10.2 Å². The fraction of sp³-hybridized carbons (Fsp3) is 0.353. The van der Waals surface area contributed by atoms with Gasteiger partial charge in [0.25, 0.3) is 11.8 Å². The summed E-state index contributed by atoms with van der Waals surface area (Å²) >= 11 is 0. The average molecular weight is 552 g/mol. The van der Waals surface area contributed by atoms with Crippen molar-refractivity contribution in [2.75, 3.05) is 6.54 Å². The zero-order valence-electron chi connectivity index (χ0n) is 23.6. The highest BCUT2D eigenvalue weighted by atomic mass is 16.2. The number of imide groups is 1. The molecule has 0 unspecified atom stereocenters. The van der Waals surface area contributed by atoms with Crippen LogP contribution in [0.4, 0.5) is 0 Å². The lowest BCUT2D eigenvalue weighted by Gasteiger charge is -2.33. The number of nitrogens with zero attached hydrogens (tertiary/aromatic N) is 2. The van der Waals surface area contributed by atoms with Crippen molar-refractivity contribution in [1.82, 2.24) is 15.1 Å². The molecule has 1 heterocycles. The molecule has 0 bridgehead atoms. The van der Waals surface area contributed by atoms with Crippen molar-refractivity contribution in [3.63, 3.8) is 0 Å². The van der Waals surface area contributed by atoms with Gasteiger partial charge in [-0.1, -0.05) is 79.6 Å². The number of aryl methyl sites for hydroxylation is 1. The molecule has 2 aliphatic rings. The predicted octanol–water partition coefficient (Wildman–Crippen LogP) is 5.07.